The number of rotatable bonds is 6. The Kier molecular flexibility index (Phi) is 6.09. The number of imide groups is 1. The molecule has 33 heavy (non-hydrogen) atoms. The monoisotopic (exact) mass is 458 g/mol. The lowest BCUT2D eigenvalue weighted by Crippen LogP contribution is -2.32. The van der Waals surface area contributed by atoms with E-state index in [0.29, 0.717) is 21.9 Å². The minimum Gasteiger partial charge on any atom is -0.468 e. The van der Waals surface area contributed by atoms with Gasteiger partial charge in [-0.1, -0.05) is 29.8 Å². The second-order valence-electron chi connectivity index (χ2n) is 8.45. The predicted molar refractivity (Wildman–Crippen MR) is 133 cm³/mol. The van der Waals surface area contributed by atoms with Crippen molar-refractivity contribution in [2.75, 3.05) is 22.9 Å². The molecule has 2 aliphatic heterocycles. The van der Waals surface area contributed by atoms with Gasteiger partial charge in [0.2, 0.25) is 0 Å². The van der Waals surface area contributed by atoms with Crippen LogP contribution in [0.25, 0.3) is 5.57 Å². The van der Waals surface area contributed by atoms with Crippen LogP contribution in [-0.2, 0) is 15.3 Å². The Morgan fingerprint density at radius 1 is 0.848 bits per heavy atom. The van der Waals surface area contributed by atoms with E-state index in [1.807, 2.05) is 67.6 Å². The molecule has 5 nitrogen and oxygen atoms in total. The summed E-state index contributed by atoms with van der Waals surface area (Å²) in [5.74, 6) is 0.688. The first-order valence-corrected chi connectivity index (χ1v) is 12.3. The summed E-state index contributed by atoms with van der Waals surface area (Å²) in [6.07, 6.45) is 5.29. The van der Waals surface area contributed by atoms with Crippen molar-refractivity contribution < 1.29 is 14.0 Å². The third-order valence-electron chi connectivity index (χ3n) is 6.15. The molecule has 168 valence electrons. The summed E-state index contributed by atoms with van der Waals surface area (Å²) in [5.41, 5.74) is 4.05. The molecule has 0 aliphatic carbocycles. The number of piperidine rings is 1. The molecule has 3 aromatic rings. The number of furan rings is 1. The topological polar surface area (TPSA) is 53.8 Å². The van der Waals surface area contributed by atoms with Gasteiger partial charge in [0.15, 0.2) is 0 Å². The molecule has 2 aliphatic rings. The fourth-order valence-corrected chi connectivity index (χ4v) is 5.37. The zero-order valence-corrected chi connectivity index (χ0v) is 19.4. The molecule has 0 radical (unpaired) electrons. The number of benzene rings is 2. The number of nitrogens with zero attached hydrogens (tertiary/aromatic N) is 2. The van der Waals surface area contributed by atoms with E-state index in [1.54, 1.807) is 6.26 Å². The molecule has 1 fully saturated rings. The Morgan fingerprint density at radius 3 is 2.21 bits per heavy atom. The van der Waals surface area contributed by atoms with Crippen LogP contribution in [0.4, 0.5) is 11.4 Å². The number of thioether (sulfide) groups is 1. The first-order valence-electron chi connectivity index (χ1n) is 11.3. The summed E-state index contributed by atoms with van der Waals surface area (Å²) in [5, 5.41) is 0. The van der Waals surface area contributed by atoms with E-state index < -0.39 is 0 Å². The second kappa shape index (κ2) is 9.32. The minimum atomic E-state index is -0.281. The van der Waals surface area contributed by atoms with Crippen molar-refractivity contribution in [2.24, 2.45) is 0 Å². The molecule has 6 heteroatoms. The quantitative estimate of drug-likeness (QED) is 0.437. The van der Waals surface area contributed by atoms with Crippen molar-refractivity contribution in [3.8, 4) is 0 Å². The number of carbonyl (C=O) groups is 2. The summed E-state index contributed by atoms with van der Waals surface area (Å²) in [4.78, 5) is 31.2. The van der Waals surface area contributed by atoms with Gasteiger partial charge < -0.3 is 9.32 Å². The Morgan fingerprint density at radius 2 is 1.55 bits per heavy atom. The van der Waals surface area contributed by atoms with Crippen molar-refractivity contribution in [2.45, 2.75) is 31.9 Å². The van der Waals surface area contributed by atoms with Gasteiger partial charge in [0, 0.05) is 18.8 Å². The lowest BCUT2D eigenvalue weighted by Gasteiger charge is -2.29. The van der Waals surface area contributed by atoms with Gasteiger partial charge in [-0.05, 0) is 68.1 Å². The summed E-state index contributed by atoms with van der Waals surface area (Å²) >= 11 is 1.35. The molecule has 1 aromatic heterocycles. The first-order chi connectivity index (χ1) is 16.1. The molecule has 2 aromatic carbocycles. The summed E-state index contributed by atoms with van der Waals surface area (Å²) in [7, 11) is 0. The van der Waals surface area contributed by atoms with Crippen LogP contribution in [0.3, 0.4) is 0 Å². The largest absolute Gasteiger partial charge is 0.468 e. The molecular formula is C27H26N2O3S. The van der Waals surface area contributed by atoms with Gasteiger partial charge in [-0.3, -0.25) is 9.59 Å². The summed E-state index contributed by atoms with van der Waals surface area (Å²) in [6.45, 7) is 4.10. The summed E-state index contributed by atoms with van der Waals surface area (Å²) in [6, 6.07) is 19.2. The van der Waals surface area contributed by atoms with E-state index in [0.717, 1.165) is 35.7 Å². The maximum atomic E-state index is 13.6. The van der Waals surface area contributed by atoms with Crippen molar-refractivity contribution >= 4 is 40.5 Å². The van der Waals surface area contributed by atoms with Gasteiger partial charge in [0.1, 0.15) is 5.76 Å². The van der Waals surface area contributed by atoms with Crippen LogP contribution in [0.15, 0.2) is 76.2 Å². The highest BCUT2D eigenvalue weighted by Crippen LogP contribution is 2.40. The number of hydrogen-bond donors (Lipinski definition) is 0. The number of amides is 2. The van der Waals surface area contributed by atoms with E-state index in [1.165, 1.54) is 35.9 Å². The van der Waals surface area contributed by atoms with Crippen molar-refractivity contribution in [3.05, 3.63) is 88.7 Å². The molecule has 1 saturated heterocycles. The zero-order valence-electron chi connectivity index (χ0n) is 18.6. The lowest BCUT2D eigenvalue weighted by molar-refractivity contribution is -0.119. The van der Waals surface area contributed by atoms with Crippen LogP contribution < -0.4 is 9.80 Å². The maximum absolute atomic E-state index is 13.6. The van der Waals surface area contributed by atoms with Crippen molar-refractivity contribution in [3.63, 3.8) is 0 Å². The lowest BCUT2D eigenvalue weighted by atomic mass is 10.0. The maximum Gasteiger partial charge on any atom is 0.272 e. The zero-order chi connectivity index (χ0) is 22.8. The minimum absolute atomic E-state index is 0.280. The second-order valence-corrected chi connectivity index (χ2v) is 9.43. The Labute approximate surface area is 198 Å². The van der Waals surface area contributed by atoms with Gasteiger partial charge >= 0.3 is 0 Å². The van der Waals surface area contributed by atoms with Crippen LogP contribution >= 0.6 is 11.8 Å². The van der Waals surface area contributed by atoms with Gasteiger partial charge in [-0.2, -0.15) is 0 Å². The highest BCUT2D eigenvalue weighted by atomic mass is 32.2. The number of aryl methyl sites for hydroxylation is 1. The van der Waals surface area contributed by atoms with Gasteiger partial charge in [-0.15, -0.1) is 11.8 Å². The fraction of sp³-hybridized carbons (Fsp3) is 0.259. The SMILES string of the molecule is Cc1ccc(C2=C(SCc3ccco3)C(=O)N(c3ccc(N4CCCCC4)cc3)C2=O)cc1. The van der Waals surface area contributed by atoms with Gasteiger partial charge in [0.05, 0.1) is 28.2 Å². The van der Waals surface area contributed by atoms with Crippen LogP contribution in [0.1, 0.15) is 36.1 Å². The first kappa shape index (κ1) is 21.6. The molecule has 0 saturated carbocycles. The van der Waals surface area contributed by atoms with Crippen molar-refractivity contribution in [1.29, 1.82) is 0 Å². The Balaban J connectivity index is 1.45. The molecule has 0 atom stereocenters. The fourth-order valence-electron chi connectivity index (χ4n) is 4.36. The molecule has 3 heterocycles. The van der Waals surface area contributed by atoms with Crippen LogP contribution in [0.2, 0.25) is 0 Å². The molecular weight excluding hydrogens is 432 g/mol. The highest BCUT2D eigenvalue weighted by molar-refractivity contribution is 8.03. The van der Waals surface area contributed by atoms with E-state index in [2.05, 4.69) is 4.90 Å². The number of anilines is 2. The number of hydrogen-bond acceptors (Lipinski definition) is 5. The normalized spacial score (nSPS) is 16.8. The summed E-state index contributed by atoms with van der Waals surface area (Å²) < 4.78 is 5.44. The van der Waals surface area contributed by atoms with Crippen LogP contribution in [-0.4, -0.2) is 24.9 Å². The van der Waals surface area contributed by atoms with E-state index in [-0.39, 0.29) is 11.8 Å². The standard InChI is InChI=1S/C27H26N2O3S/c1-19-7-9-20(10-8-19)24-25(33-18-23-6-5-17-32-23)27(31)29(26(24)30)22-13-11-21(12-14-22)28-15-3-2-4-16-28/h5-14,17H,2-4,15-16,18H2,1H3. The van der Waals surface area contributed by atoms with Gasteiger partial charge in [0.25, 0.3) is 11.8 Å². The highest BCUT2D eigenvalue weighted by Gasteiger charge is 2.40. The third-order valence-corrected chi connectivity index (χ3v) is 7.25. The molecule has 0 unspecified atom stereocenters. The van der Waals surface area contributed by atoms with Crippen molar-refractivity contribution in [1.82, 2.24) is 0 Å². The molecule has 2 amide bonds. The average Bonchev–Trinajstić information content (AvgIpc) is 3.45. The number of carbonyl (C=O) groups excluding carboxylic acids is 2. The average molecular weight is 459 g/mol. The van der Waals surface area contributed by atoms with Crippen LogP contribution in [0, 0.1) is 6.92 Å². The molecule has 0 spiro atoms. The molecule has 5 rings (SSSR count). The smallest absolute Gasteiger partial charge is 0.272 e. The van der Waals surface area contributed by atoms with E-state index >= 15 is 0 Å². The third kappa shape index (κ3) is 4.35. The van der Waals surface area contributed by atoms with E-state index in [9.17, 15) is 9.59 Å². The predicted octanol–water partition coefficient (Wildman–Crippen LogP) is 5.80. The van der Waals surface area contributed by atoms with E-state index in [4.69, 9.17) is 4.42 Å². The van der Waals surface area contributed by atoms with Gasteiger partial charge in [-0.25, -0.2) is 4.90 Å². The molecule has 0 bridgehead atoms. The Hall–Kier alpha value is -3.25. The molecule has 0 N–H and O–H groups in total. The Bertz CT molecular complexity index is 1180. The van der Waals surface area contributed by atoms with Crippen LogP contribution in [0.5, 0.6) is 0 Å².